The van der Waals surface area contributed by atoms with Crippen LogP contribution in [0.4, 0.5) is 0 Å². The number of rotatable bonds is 4. The molecule has 0 amide bonds. The summed E-state index contributed by atoms with van der Waals surface area (Å²) in [6, 6.07) is 7.26. The Morgan fingerprint density at radius 2 is 1.96 bits per heavy atom. The molecular weight excluding hydrogens is 320 g/mol. The standard InChI is InChI=1S/C18H16N4O3/c23-16-17(24)22(18-8-12(9-18)10-18)6-5-21(16)11-13-7-15(20-25-13)14-3-1-2-4-19-14/h1-7,12H,8-11H2. The zero-order valence-electron chi connectivity index (χ0n) is 13.5. The third-order valence-electron chi connectivity index (χ3n) is 5.39. The number of hydrogen-bond donors (Lipinski definition) is 0. The van der Waals surface area contributed by atoms with Gasteiger partial charge in [0.15, 0.2) is 5.76 Å². The van der Waals surface area contributed by atoms with Gasteiger partial charge >= 0.3 is 11.1 Å². The molecule has 3 heterocycles. The van der Waals surface area contributed by atoms with E-state index in [4.69, 9.17) is 4.52 Å². The quantitative estimate of drug-likeness (QED) is 0.676. The Balaban J connectivity index is 1.43. The molecule has 6 rings (SSSR count). The number of pyridine rings is 1. The molecule has 0 aromatic carbocycles. The molecule has 3 aromatic heterocycles. The van der Waals surface area contributed by atoms with Gasteiger partial charge < -0.3 is 13.7 Å². The van der Waals surface area contributed by atoms with E-state index in [-0.39, 0.29) is 12.1 Å². The number of nitrogens with zero attached hydrogens (tertiary/aromatic N) is 4. The minimum absolute atomic E-state index is 0.0849. The van der Waals surface area contributed by atoms with Gasteiger partial charge in [0.1, 0.15) is 5.69 Å². The van der Waals surface area contributed by atoms with Gasteiger partial charge in [0, 0.05) is 30.2 Å². The van der Waals surface area contributed by atoms with Gasteiger partial charge in [0.25, 0.3) is 0 Å². The van der Waals surface area contributed by atoms with Gasteiger partial charge in [-0.05, 0) is 37.3 Å². The molecule has 3 saturated carbocycles. The van der Waals surface area contributed by atoms with Gasteiger partial charge in [0.05, 0.1) is 12.2 Å². The summed E-state index contributed by atoms with van der Waals surface area (Å²) in [5, 5.41) is 3.98. The summed E-state index contributed by atoms with van der Waals surface area (Å²) in [6.45, 7) is 0.171. The van der Waals surface area contributed by atoms with Gasteiger partial charge in [-0.3, -0.25) is 14.6 Å². The fourth-order valence-corrected chi connectivity index (χ4v) is 3.92. The van der Waals surface area contributed by atoms with Crippen molar-refractivity contribution >= 4 is 0 Å². The molecule has 7 nitrogen and oxygen atoms in total. The topological polar surface area (TPSA) is 82.9 Å². The van der Waals surface area contributed by atoms with E-state index in [0.29, 0.717) is 17.1 Å². The lowest BCUT2D eigenvalue weighted by atomic mass is 9.49. The van der Waals surface area contributed by atoms with Crippen LogP contribution in [0.15, 0.2) is 57.0 Å². The van der Waals surface area contributed by atoms with Crippen LogP contribution in [0.1, 0.15) is 25.0 Å². The molecule has 0 saturated heterocycles. The summed E-state index contributed by atoms with van der Waals surface area (Å²) >= 11 is 0. The molecule has 2 bridgehead atoms. The summed E-state index contributed by atoms with van der Waals surface area (Å²) in [4.78, 5) is 29.1. The Kier molecular flexibility index (Phi) is 2.89. The first-order chi connectivity index (χ1) is 12.1. The minimum Gasteiger partial charge on any atom is -0.359 e. The van der Waals surface area contributed by atoms with Gasteiger partial charge in [0.2, 0.25) is 0 Å². The maximum atomic E-state index is 12.4. The molecule has 0 N–H and O–H groups in total. The molecule has 3 aromatic rings. The highest BCUT2D eigenvalue weighted by molar-refractivity contribution is 5.52. The molecule has 0 radical (unpaired) electrons. The Morgan fingerprint density at radius 3 is 2.64 bits per heavy atom. The first-order valence-corrected chi connectivity index (χ1v) is 8.34. The first kappa shape index (κ1) is 14.4. The van der Waals surface area contributed by atoms with Crippen LogP contribution in [0.5, 0.6) is 0 Å². The molecule has 3 fully saturated rings. The summed E-state index contributed by atoms with van der Waals surface area (Å²) in [5.74, 6) is 1.25. The SMILES string of the molecule is O=c1c(=O)n(C23CC(C2)C3)ccn1Cc1cc(-c2ccccn2)no1. The smallest absolute Gasteiger partial charge is 0.316 e. The maximum Gasteiger partial charge on any atom is 0.316 e. The number of aromatic nitrogens is 4. The molecule has 126 valence electrons. The molecule has 25 heavy (non-hydrogen) atoms. The molecular formula is C18H16N4O3. The molecule has 0 unspecified atom stereocenters. The van der Waals surface area contributed by atoms with Crippen molar-refractivity contribution in [1.29, 1.82) is 0 Å². The van der Waals surface area contributed by atoms with Gasteiger partial charge in [-0.2, -0.15) is 0 Å². The lowest BCUT2D eigenvalue weighted by molar-refractivity contribution is -0.0919. The average molecular weight is 336 g/mol. The summed E-state index contributed by atoms with van der Waals surface area (Å²) < 4.78 is 8.30. The fraction of sp³-hybridized carbons (Fsp3) is 0.333. The van der Waals surface area contributed by atoms with Gasteiger partial charge in [-0.1, -0.05) is 11.2 Å². The van der Waals surface area contributed by atoms with Crippen LogP contribution in [-0.4, -0.2) is 19.3 Å². The van der Waals surface area contributed by atoms with Crippen molar-refractivity contribution in [3.8, 4) is 11.4 Å². The van der Waals surface area contributed by atoms with E-state index >= 15 is 0 Å². The molecule has 0 aliphatic heterocycles. The highest BCUT2D eigenvalue weighted by atomic mass is 16.5. The normalized spacial score (nSPS) is 23.8. The van der Waals surface area contributed by atoms with Crippen molar-refractivity contribution in [2.24, 2.45) is 5.92 Å². The summed E-state index contributed by atoms with van der Waals surface area (Å²) in [6.07, 6.45) is 8.13. The molecule has 7 heteroatoms. The highest BCUT2D eigenvalue weighted by Crippen LogP contribution is 2.61. The second kappa shape index (κ2) is 5.02. The van der Waals surface area contributed by atoms with Crippen molar-refractivity contribution < 1.29 is 4.52 Å². The zero-order valence-corrected chi connectivity index (χ0v) is 13.5. The Morgan fingerprint density at radius 1 is 1.12 bits per heavy atom. The second-order valence-electron chi connectivity index (χ2n) is 7.00. The van der Waals surface area contributed by atoms with E-state index in [0.717, 1.165) is 25.2 Å². The maximum absolute atomic E-state index is 12.4. The van der Waals surface area contributed by atoms with Gasteiger partial charge in [-0.25, -0.2) is 0 Å². The van der Waals surface area contributed by atoms with Crippen molar-refractivity contribution in [3.63, 3.8) is 0 Å². The lowest BCUT2D eigenvalue weighted by Crippen LogP contribution is -2.64. The van der Waals surface area contributed by atoms with Crippen LogP contribution in [0.2, 0.25) is 0 Å². The Hall–Kier alpha value is -2.96. The van der Waals surface area contributed by atoms with Crippen molar-refractivity contribution in [2.45, 2.75) is 31.3 Å². The van der Waals surface area contributed by atoms with Crippen LogP contribution in [-0.2, 0) is 12.1 Å². The third-order valence-corrected chi connectivity index (χ3v) is 5.39. The largest absolute Gasteiger partial charge is 0.359 e. The Labute approximate surface area is 142 Å². The summed E-state index contributed by atoms with van der Waals surface area (Å²) in [5.41, 5.74) is 0.237. The van der Waals surface area contributed by atoms with Crippen molar-refractivity contribution in [3.05, 3.63) is 69.3 Å². The van der Waals surface area contributed by atoms with Crippen LogP contribution in [0.3, 0.4) is 0 Å². The van der Waals surface area contributed by atoms with E-state index in [1.807, 2.05) is 18.2 Å². The predicted molar refractivity (Wildman–Crippen MR) is 89.1 cm³/mol. The highest BCUT2D eigenvalue weighted by Gasteiger charge is 2.58. The molecule has 0 atom stereocenters. The molecule has 0 spiro atoms. The fourth-order valence-electron chi connectivity index (χ4n) is 3.92. The van der Waals surface area contributed by atoms with E-state index in [1.165, 1.54) is 4.57 Å². The molecule has 3 aliphatic rings. The minimum atomic E-state index is -0.525. The lowest BCUT2D eigenvalue weighted by Gasteiger charge is -2.62. The van der Waals surface area contributed by atoms with Crippen LogP contribution in [0.25, 0.3) is 11.4 Å². The van der Waals surface area contributed by atoms with E-state index in [2.05, 4.69) is 10.1 Å². The van der Waals surface area contributed by atoms with Gasteiger partial charge in [-0.15, -0.1) is 0 Å². The van der Waals surface area contributed by atoms with Crippen LogP contribution < -0.4 is 11.1 Å². The average Bonchev–Trinajstić information content (AvgIpc) is 3.01. The third kappa shape index (κ3) is 2.12. The number of hydrogen-bond acceptors (Lipinski definition) is 5. The monoisotopic (exact) mass is 336 g/mol. The zero-order chi connectivity index (χ0) is 17.0. The van der Waals surface area contributed by atoms with Crippen molar-refractivity contribution in [2.75, 3.05) is 0 Å². The van der Waals surface area contributed by atoms with E-state index in [1.54, 1.807) is 29.2 Å². The van der Waals surface area contributed by atoms with E-state index < -0.39 is 11.1 Å². The Bertz CT molecular complexity index is 1050. The predicted octanol–water partition coefficient (Wildman–Crippen LogP) is 1.62. The molecule has 3 aliphatic carbocycles. The summed E-state index contributed by atoms with van der Waals surface area (Å²) in [7, 11) is 0. The second-order valence-corrected chi connectivity index (χ2v) is 7.00. The van der Waals surface area contributed by atoms with Crippen LogP contribution >= 0.6 is 0 Å². The van der Waals surface area contributed by atoms with Crippen molar-refractivity contribution in [1.82, 2.24) is 19.3 Å². The first-order valence-electron chi connectivity index (χ1n) is 8.34. The van der Waals surface area contributed by atoms with E-state index in [9.17, 15) is 9.59 Å². The van der Waals surface area contributed by atoms with Crippen LogP contribution in [0, 0.1) is 5.92 Å².